The number of carboxylic acids is 1. The highest BCUT2D eigenvalue weighted by atomic mass is 79.9. The molecule has 9 nitrogen and oxygen atoms in total. The van der Waals surface area contributed by atoms with Crippen molar-refractivity contribution in [2.24, 2.45) is 0 Å². The summed E-state index contributed by atoms with van der Waals surface area (Å²) in [4.78, 5) is 25.0. The van der Waals surface area contributed by atoms with E-state index in [2.05, 4.69) is 20.9 Å². The van der Waals surface area contributed by atoms with Gasteiger partial charge in [0.05, 0.1) is 11.6 Å². The molecule has 1 aromatic carbocycles. The van der Waals surface area contributed by atoms with Crippen molar-refractivity contribution in [2.75, 3.05) is 19.5 Å². The van der Waals surface area contributed by atoms with Gasteiger partial charge in [0.25, 0.3) is 5.56 Å². The molecule has 0 saturated carbocycles. The van der Waals surface area contributed by atoms with Gasteiger partial charge in [-0.05, 0) is 33.6 Å². The lowest BCUT2D eigenvalue weighted by Crippen LogP contribution is -2.16. The van der Waals surface area contributed by atoms with E-state index < -0.39 is 18.1 Å². The van der Waals surface area contributed by atoms with Crippen molar-refractivity contribution in [3.8, 4) is 34.8 Å². The van der Waals surface area contributed by atoms with Crippen molar-refractivity contribution >= 4 is 27.7 Å². The summed E-state index contributed by atoms with van der Waals surface area (Å²) >= 11 is 3.24. The number of nitriles is 2. The Hall–Kier alpha value is -3.50. The van der Waals surface area contributed by atoms with Gasteiger partial charge in [0.1, 0.15) is 29.1 Å². The molecule has 0 atom stereocenters. The number of hydrogen-bond acceptors (Lipinski definition) is 7. The number of benzene rings is 1. The first kappa shape index (κ1) is 18.8. The number of aliphatic carboxylic acids is 1. The third-order valence-electron chi connectivity index (χ3n) is 3.33. The number of anilines is 1. The van der Waals surface area contributed by atoms with Crippen LogP contribution in [-0.4, -0.2) is 29.8 Å². The topological polar surface area (TPSA) is 162 Å². The fourth-order valence-electron chi connectivity index (χ4n) is 2.27. The zero-order chi connectivity index (χ0) is 19.4. The number of nitrogen functional groups attached to an aromatic ring is 1. The number of carboxylic acid groups (broad SMARTS) is 1. The Morgan fingerprint density at radius 3 is 2.54 bits per heavy atom. The smallest absolute Gasteiger partial charge is 0.341 e. The average molecular weight is 419 g/mol. The number of H-pyrrole nitrogens is 1. The molecule has 0 bridgehead atoms. The maximum absolute atomic E-state index is 12.0. The van der Waals surface area contributed by atoms with Crippen LogP contribution in [0, 0.1) is 22.7 Å². The molecular weight excluding hydrogens is 408 g/mol. The predicted octanol–water partition coefficient (Wildman–Crippen LogP) is 1.60. The molecule has 1 heterocycles. The minimum Gasteiger partial charge on any atom is -0.493 e. The number of hydrogen-bond donors (Lipinski definition) is 3. The summed E-state index contributed by atoms with van der Waals surface area (Å²) in [5, 5.41) is 27.4. The van der Waals surface area contributed by atoms with E-state index >= 15 is 0 Å². The van der Waals surface area contributed by atoms with Crippen LogP contribution >= 0.6 is 15.9 Å². The summed E-state index contributed by atoms with van der Waals surface area (Å²) in [6.45, 7) is -0.598. The van der Waals surface area contributed by atoms with Gasteiger partial charge >= 0.3 is 5.97 Å². The highest BCUT2D eigenvalue weighted by molar-refractivity contribution is 9.10. The molecule has 0 amide bonds. The molecule has 0 saturated heterocycles. The van der Waals surface area contributed by atoms with E-state index in [1.54, 1.807) is 6.07 Å². The molecule has 0 fully saturated rings. The Morgan fingerprint density at radius 1 is 1.35 bits per heavy atom. The first-order valence-electron chi connectivity index (χ1n) is 6.92. The van der Waals surface area contributed by atoms with Crippen LogP contribution in [-0.2, 0) is 4.79 Å². The summed E-state index contributed by atoms with van der Waals surface area (Å²) in [5.41, 5.74) is 4.93. The fraction of sp³-hybridized carbons (Fsp3) is 0.125. The maximum Gasteiger partial charge on any atom is 0.341 e. The molecule has 2 rings (SSSR count). The Balaban J connectivity index is 2.77. The molecule has 132 valence electrons. The van der Waals surface area contributed by atoms with Crippen LogP contribution in [0.3, 0.4) is 0 Å². The van der Waals surface area contributed by atoms with Gasteiger partial charge in [-0.2, -0.15) is 10.5 Å². The van der Waals surface area contributed by atoms with Crippen molar-refractivity contribution in [2.45, 2.75) is 0 Å². The molecule has 4 N–H and O–H groups in total. The van der Waals surface area contributed by atoms with E-state index in [-0.39, 0.29) is 34.0 Å². The van der Waals surface area contributed by atoms with Gasteiger partial charge in [0, 0.05) is 5.56 Å². The zero-order valence-electron chi connectivity index (χ0n) is 13.3. The molecule has 0 aliphatic rings. The number of nitrogens with zero attached hydrogens (tertiary/aromatic N) is 2. The molecule has 26 heavy (non-hydrogen) atoms. The van der Waals surface area contributed by atoms with Crippen molar-refractivity contribution in [1.29, 1.82) is 10.5 Å². The second-order valence-electron chi connectivity index (χ2n) is 4.89. The van der Waals surface area contributed by atoms with Gasteiger partial charge in [-0.25, -0.2) is 4.79 Å². The van der Waals surface area contributed by atoms with Crippen LogP contribution in [0.4, 0.5) is 5.82 Å². The molecule has 0 aliphatic carbocycles. The lowest BCUT2D eigenvalue weighted by molar-refractivity contribution is -0.139. The summed E-state index contributed by atoms with van der Waals surface area (Å²) < 4.78 is 10.7. The Bertz CT molecular complexity index is 1030. The lowest BCUT2D eigenvalue weighted by atomic mass is 9.96. The number of rotatable bonds is 5. The molecule has 10 heteroatoms. The monoisotopic (exact) mass is 418 g/mol. The van der Waals surface area contributed by atoms with Gasteiger partial charge in [0.2, 0.25) is 0 Å². The number of nitrogens with one attached hydrogen (secondary N) is 1. The summed E-state index contributed by atoms with van der Waals surface area (Å²) in [6.07, 6.45) is 0. The molecule has 0 aliphatic heterocycles. The largest absolute Gasteiger partial charge is 0.493 e. The quantitative estimate of drug-likeness (QED) is 0.658. The van der Waals surface area contributed by atoms with Crippen LogP contribution in [0.25, 0.3) is 11.1 Å². The van der Waals surface area contributed by atoms with Crippen LogP contribution in [0.1, 0.15) is 11.1 Å². The Kier molecular flexibility index (Phi) is 5.50. The molecular formula is C16H11BrN4O5. The molecule has 2 aromatic rings. The van der Waals surface area contributed by atoms with E-state index in [0.29, 0.717) is 10.0 Å². The van der Waals surface area contributed by atoms with Gasteiger partial charge in [-0.1, -0.05) is 0 Å². The van der Waals surface area contributed by atoms with E-state index in [4.69, 9.17) is 20.3 Å². The summed E-state index contributed by atoms with van der Waals surface area (Å²) in [7, 11) is 1.34. The van der Waals surface area contributed by atoms with E-state index in [0.717, 1.165) is 0 Å². The van der Waals surface area contributed by atoms with Crippen LogP contribution < -0.4 is 20.8 Å². The first-order valence-corrected chi connectivity index (χ1v) is 7.71. The normalized spacial score (nSPS) is 9.85. The van der Waals surface area contributed by atoms with Crippen molar-refractivity contribution in [3.05, 3.63) is 38.1 Å². The van der Waals surface area contributed by atoms with Crippen molar-refractivity contribution in [1.82, 2.24) is 4.98 Å². The predicted molar refractivity (Wildman–Crippen MR) is 93.7 cm³/mol. The fourth-order valence-corrected chi connectivity index (χ4v) is 2.83. The minimum absolute atomic E-state index is 0.0417. The third kappa shape index (κ3) is 3.45. The SMILES string of the molecule is COc1cc(-c2c(C#N)c(N)[nH]c(=O)c2C#N)cc(Br)c1OCC(=O)O. The highest BCUT2D eigenvalue weighted by Gasteiger charge is 2.21. The van der Waals surface area contributed by atoms with E-state index in [1.807, 2.05) is 6.07 Å². The average Bonchev–Trinajstić information content (AvgIpc) is 2.59. The van der Waals surface area contributed by atoms with Gasteiger partial charge in [-0.15, -0.1) is 0 Å². The second-order valence-corrected chi connectivity index (χ2v) is 5.74. The van der Waals surface area contributed by atoms with Crippen LogP contribution in [0.15, 0.2) is 21.4 Å². The number of methoxy groups -OCH3 is 1. The molecule has 0 unspecified atom stereocenters. The maximum atomic E-state index is 12.0. The number of carbonyl (C=O) groups is 1. The molecule has 0 radical (unpaired) electrons. The molecule has 1 aromatic heterocycles. The number of aromatic nitrogens is 1. The number of nitrogens with two attached hydrogens (primary N) is 1. The zero-order valence-corrected chi connectivity index (χ0v) is 14.9. The van der Waals surface area contributed by atoms with E-state index in [9.17, 15) is 20.1 Å². The number of pyridine rings is 1. The van der Waals surface area contributed by atoms with Crippen molar-refractivity contribution in [3.63, 3.8) is 0 Å². The lowest BCUT2D eigenvalue weighted by Gasteiger charge is -2.15. The van der Waals surface area contributed by atoms with E-state index in [1.165, 1.54) is 19.2 Å². The first-order chi connectivity index (χ1) is 12.3. The van der Waals surface area contributed by atoms with Crippen LogP contribution in [0.2, 0.25) is 0 Å². The standard InChI is InChI=1S/C16H11BrN4O5/c1-25-11-3-7(2-10(17)14(11)26-6-12(22)23)13-8(4-18)15(20)21-16(24)9(13)5-19/h2-3H,6H2,1H3,(H,22,23)(H3,20,21,24). The number of aromatic amines is 1. The number of ether oxygens (including phenoxy) is 2. The van der Waals surface area contributed by atoms with Crippen LogP contribution in [0.5, 0.6) is 11.5 Å². The van der Waals surface area contributed by atoms with Crippen molar-refractivity contribution < 1.29 is 19.4 Å². The summed E-state index contributed by atoms with van der Waals surface area (Å²) in [5.74, 6) is -1.09. The molecule has 0 spiro atoms. The van der Waals surface area contributed by atoms with Gasteiger partial charge in [0.15, 0.2) is 18.1 Å². The highest BCUT2D eigenvalue weighted by Crippen LogP contribution is 2.41. The summed E-state index contributed by atoms with van der Waals surface area (Å²) in [6, 6.07) is 6.51. The minimum atomic E-state index is -1.18. The number of halogens is 1. The Labute approximate surface area is 155 Å². The second kappa shape index (κ2) is 7.59. The van der Waals surface area contributed by atoms with Gasteiger partial charge in [-0.3, -0.25) is 4.79 Å². The van der Waals surface area contributed by atoms with Gasteiger partial charge < -0.3 is 25.3 Å². The Morgan fingerprint density at radius 2 is 2.00 bits per heavy atom. The third-order valence-corrected chi connectivity index (χ3v) is 3.92.